The number of rotatable bonds is 8. The van der Waals surface area contributed by atoms with E-state index in [0.29, 0.717) is 0 Å². The maximum Gasteiger partial charge on any atom is 0.0236 e. The standard InChI is InChI=1S/C29H42N2/c1-24-26(13-5-10-20-30-18-6-3-7-19-30)14-11-16-28(24)29-17-12-15-27(25(29)2)23-31-21-8-4-9-22-31/h11-12,14-17H,3-10,13,18-23H2,1-2H3. The number of hydrogen-bond acceptors (Lipinski definition) is 2. The summed E-state index contributed by atoms with van der Waals surface area (Å²) < 4.78 is 0. The molecule has 2 aliphatic rings. The molecule has 2 heterocycles. The molecule has 0 saturated carbocycles. The van der Waals surface area contributed by atoms with Crippen LogP contribution in [0.15, 0.2) is 36.4 Å². The van der Waals surface area contributed by atoms with Crippen molar-refractivity contribution < 1.29 is 0 Å². The number of piperidine rings is 2. The zero-order chi connectivity index (χ0) is 21.5. The molecule has 0 spiro atoms. The first kappa shape index (κ1) is 22.6. The van der Waals surface area contributed by atoms with Crippen molar-refractivity contribution >= 4 is 0 Å². The molecule has 31 heavy (non-hydrogen) atoms. The van der Waals surface area contributed by atoms with E-state index < -0.39 is 0 Å². The van der Waals surface area contributed by atoms with E-state index in [4.69, 9.17) is 0 Å². The Balaban J connectivity index is 1.41. The molecule has 0 radical (unpaired) electrons. The highest BCUT2D eigenvalue weighted by molar-refractivity contribution is 5.72. The van der Waals surface area contributed by atoms with Crippen LogP contribution in [0.3, 0.4) is 0 Å². The maximum absolute atomic E-state index is 2.67. The largest absolute Gasteiger partial charge is 0.303 e. The van der Waals surface area contributed by atoms with Crippen LogP contribution in [-0.4, -0.2) is 42.5 Å². The monoisotopic (exact) mass is 418 g/mol. The number of aryl methyl sites for hydroxylation is 1. The minimum atomic E-state index is 1.11. The third-order valence-electron chi connectivity index (χ3n) is 7.64. The summed E-state index contributed by atoms with van der Waals surface area (Å²) in [5, 5.41) is 0. The average Bonchev–Trinajstić information content (AvgIpc) is 2.81. The predicted octanol–water partition coefficient (Wildman–Crippen LogP) is 6.76. The Bertz CT molecular complexity index is 829. The van der Waals surface area contributed by atoms with E-state index in [0.717, 1.165) is 6.54 Å². The SMILES string of the molecule is Cc1c(CCCCN2CCCCC2)cccc1-c1cccc(CN2CCCCC2)c1C. The summed E-state index contributed by atoms with van der Waals surface area (Å²) in [5.41, 5.74) is 8.87. The molecule has 2 aromatic carbocycles. The van der Waals surface area contributed by atoms with E-state index in [1.807, 2.05) is 0 Å². The summed E-state index contributed by atoms with van der Waals surface area (Å²) in [6.07, 6.45) is 12.2. The highest BCUT2D eigenvalue weighted by atomic mass is 15.1. The second-order valence-electron chi connectivity index (χ2n) is 9.88. The molecule has 2 heteroatoms. The number of hydrogen-bond donors (Lipinski definition) is 0. The molecule has 0 aromatic heterocycles. The first-order chi connectivity index (χ1) is 15.2. The number of benzene rings is 2. The van der Waals surface area contributed by atoms with Gasteiger partial charge in [0.05, 0.1) is 0 Å². The molecular weight excluding hydrogens is 376 g/mol. The first-order valence-corrected chi connectivity index (χ1v) is 12.8. The zero-order valence-corrected chi connectivity index (χ0v) is 20.0. The molecule has 2 aliphatic heterocycles. The van der Waals surface area contributed by atoms with Crippen molar-refractivity contribution in [3.05, 3.63) is 58.7 Å². The van der Waals surface area contributed by atoms with Crippen LogP contribution < -0.4 is 0 Å². The third kappa shape index (κ3) is 5.99. The van der Waals surface area contributed by atoms with Crippen LogP contribution >= 0.6 is 0 Å². The predicted molar refractivity (Wildman–Crippen MR) is 134 cm³/mol. The van der Waals surface area contributed by atoms with Gasteiger partial charge < -0.3 is 4.90 Å². The topological polar surface area (TPSA) is 6.48 Å². The summed E-state index contributed by atoms with van der Waals surface area (Å²) in [6.45, 7) is 12.2. The van der Waals surface area contributed by atoms with Gasteiger partial charge in [-0.1, -0.05) is 49.2 Å². The van der Waals surface area contributed by atoms with E-state index in [9.17, 15) is 0 Å². The minimum absolute atomic E-state index is 1.11. The molecule has 2 aromatic rings. The van der Waals surface area contributed by atoms with Crippen molar-refractivity contribution in [3.63, 3.8) is 0 Å². The first-order valence-electron chi connectivity index (χ1n) is 12.8. The van der Waals surface area contributed by atoms with Gasteiger partial charge in [0.1, 0.15) is 0 Å². The molecule has 4 rings (SSSR count). The third-order valence-corrected chi connectivity index (χ3v) is 7.64. The van der Waals surface area contributed by atoms with Gasteiger partial charge in [0.25, 0.3) is 0 Å². The van der Waals surface area contributed by atoms with Gasteiger partial charge in [0.15, 0.2) is 0 Å². The fourth-order valence-electron chi connectivity index (χ4n) is 5.58. The number of likely N-dealkylation sites (tertiary alicyclic amines) is 2. The second-order valence-corrected chi connectivity index (χ2v) is 9.88. The molecule has 2 fully saturated rings. The van der Waals surface area contributed by atoms with Crippen LogP contribution in [0.1, 0.15) is 73.6 Å². The fraction of sp³-hybridized carbons (Fsp3) is 0.586. The van der Waals surface area contributed by atoms with Gasteiger partial charge in [-0.05, 0) is 125 Å². The van der Waals surface area contributed by atoms with Crippen molar-refractivity contribution in [2.24, 2.45) is 0 Å². The summed E-state index contributed by atoms with van der Waals surface area (Å²) in [6, 6.07) is 13.9. The Kier molecular flexibility index (Phi) is 8.21. The molecule has 0 atom stereocenters. The number of unbranched alkanes of at least 4 members (excludes halogenated alkanes) is 1. The van der Waals surface area contributed by atoms with Crippen LogP contribution in [-0.2, 0) is 13.0 Å². The van der Waals surface area contributed by atoms with Crippen molar-refractivity contribution in [2.45, 2.75) is 78.2 Å². The van der Waals surface area contributed by atoms with Crippen LogP contribution in [0.5, 0.6) is 0 Å². The fourth-order valence-corrected chi connectivity index (χ4v) is 5.58. The molecular formula is C29H42N2. The van der Waals surface area contributed by atoms with Gasteiger partial charge in [-0.2, -0.15) is 0 Å². The summed E-state index contributed by atoms with van der Waals surface area (Å²) >= 11 is 0. The quantitative estimate of drug-likeness (QED) is 0.437. The van der Waals surface area contributed by atoms with Gasteiger partial charge in [0.2, 0.25) is 0 Å². The van der Waals surface area contributed by atoms with Crippen molar-refractivity contribution in [1.29, 1.82) is 0 Å². The summed E-state index contributed by atoms with van der Waals surface area (Å²) in [5.74, 6) is 0. The molecule has 0 aliphatic carbocycles. The number of nitrogens with zero attached hydrogens (tertiary/aromatic N) is 2. The molecule has 0 amide bonds. The average molecular weight is 419 g/mol. The van der Waals surface area contributed by atoms with Gasteiger partial charge in [-0.25, -0.2) is 0 Å². The van der Waals surface area contributed by atoms with Gasteiger partial charge in [-0.3, -0.25) is 4.90 Å². The zero-order valence-electron chi connectivity index (χ0n) is 20.0. The van der Waals surface area contributed by atoms with Gasteiger partial charge in [0, 0.05) is 6.54 Å². The second kappa shape index (κ2) is 11.3. The Morgan fingerprint density at radius 3 is 1.81 bits per heavy atom. The highest BCUT2D eigenvalue weighted by Crippen LogP contribution is 2.31. The van der Waals surface area contributed by atoms with Crippen molar-refractivity contribution in [1.82, 2.24) is 9.80 Å². The van der Waals surface area contributed by atoms with E-state index in [-0.39, 0.29) is 0 Å². The van der Waals surface area contributed by atoms with E-state index in [2.05, 4.69) is 60.0 Å². The Hall–Kier alpha value is -1.64. The lowest BCUT2D eigenvalue weighted by atomic mass is 9.90. The smallest absolute Gasteiger partial charge is 0.0236 e. The Morgan fingerprint density at radius 1 is 0.613 bits per heavy atom. The van der Waals surface area contributed by atoms with Crippen molar-refractivity contribution in [2.75, 3.05) is 32.7 Å². The van der Waals surface area contributed by atoms with Crippen molar-refractivity contribution in [3.8, 4) is 11.1 Å². The molecule has 0 N–H and O–H groups in total. The minimum Gasteiger partial charge on any atom is -0.303 e. The molecule has 168 valence electrons. The van der Waals surface area contributed by atoms with Crippen LogP contribution in [0.4, 0.5) is 0 Å². The lowest BCUT2D eigenvalue weighted by Crippen LogP contribution is -2.30. The maximum atomic E-state index is 2.67. The van der Waals surface area contributed by atoms with Crippen LogP contribution in [0.25, 0.3) is 11.1 Å². The Morgan fingerprint density at radius 2 is 1.16 bits per heavy atom. The summed E-state index contributed by atoms with van der Waals surface area (Å²) in [7, 11) is 0. The van der Waals surface area contributed by atoms with E-state index in [1.165, 1.54) is 124 Å². The lowest BCUT2D eigenvalue weighted by Gasteiger charge is -2.27. The van der Waals surface area contributed by atoms with Gasteiger partial charge >= 0.3 is 0 Å². The van der Waals surface area contributed by atoms with Gasteiger partial charge in [-0.15, -0.1) is 0 Å². The van der Waals surface area contributed by atoms with E-state index >= 15 is 0 Å². The molecule has 2 saturated heterocycles. The highest BCUT2D eigenvalue weighted by Gasteiger charge is 2.15. The molecule has 0 unspecified atom stereocenters. The lowest BCUT2D eigenvalue weighted by molar-refractivity contribution is 0.220. The van der Waals surface area contributed by atoms with Crippen LogP contribution in [0.2, 0.25) is 0 Å². The normalized spacial score (nSPS) is 18.4. The van der Waals surface area contributed by atoms with E-state index in [1.54, 1.807) is 0 Å². The molecule has 2 nitrogen and oxygen atoms in total. The Labute approximate surface area is 190 Å². The van der Waals surface area contributed by atoms with Crippen LogP contribution in [0, 0.1) is 13.8 Å². The summed E-state index contributed by atoms with van der Waals surface area (Å²) in [4.78, 5) is 5.31. The molecule has 0 bridgehead atoms.